The Balaban J connectivity index is 1.82. The van der Waals surface area contributed by atoms with Gasteiger partial charge >= 0.3 is 0 Å². The fraction of sp³-hybridized carbons (Fsp3) is 0.333. The second kappa shape index (κ2) is 7.09. The molecular weight excluding hydrogens is 312 g/mol. The number of anilines is 1. The van der Waals surface area contributed by atoms with Gasteiger partial charge in [0.05, 0.1) is 0 Å². The first kappa shape index (κ1) is 17.2. The summed E-state index contributed by atoms with van der Waals surface area (Å²) in [5.74, 6) is -0.0657. The van der Waals surface area contributed by atoms with Crippen molar-refractivity contribution in [3.8, 4) is 0 Å². The molecule has 0 aromatic heterocycles. The van der Waals surface area contributed by atoms with E-state index in [4.69, 9.17) is 0 Å². The summed E-state index contributed by atoms with van der Waals surface area (Å²) < 4.78 is 0. The lowest BCUT2D eigenvalue weighted by Gasteiger charge is -2.27. The van der Waals surface area contributed by atoms with Crippen LogP contribution in [-0.4, -0.2) is 35.8 Å². The number of aryl methyl sites for hydroxylation is 2. The SMILES string of the molecule is CCN(C(=O)c1ccc(C)c(C)c1)[C@@H]1CCN(c2ccccc2)C1=O. The standard InChI is InChI=1S/C21H24N2O2/c1-4-22(20(24)17-11-10-15(2)16(3)14-17)19-12-13-23(21(19)25)18-8-6-5-7-9-18/h5-11,14,19H,4,12-13H2,1-3H3/t19-/m1/s1. The summed E-state index contributed by atoms with van der Waals surface area (Å²) in [5.41, 5.74) is 3.79. The maximum atomic E-state index is 13.0. The highest BCUT2D eigenvalue weighted by Crippen LogP contribution is 2.25. The van der Waals surface area contributed by atoms with Crippen LogP contribution in [0.25, 0.3) is 0 Å². The average Bonchev–Trinajstić information content (AvgIpc) is 3.00. The van der Waals surface area contributed by atoms with Crippen molar-refractivity contribution in [3.05, 3.63) is 65.2 Å². The first-order valence-electron chi connectivity index (χ1n) is 8.77. The van der Waals surface area contributed by atoms with Crippen molar-refractivity contribution in [3.63, 3.8) is 0 Å². The number of carbonyl (C=O) groups excluding carboxylic acids is 2. The number of hydrogen-bond acceptors (Lipinski definition) is 2. The van der Waals surface area contributed by atoms with Crippen LogP contribution < -0.4 is 4.90 Å². The molecule has 2 amide bonds. The minimum absolute atomic E-state index is 0.00485. The zero-order valence-corrected chi connectivity index (χ0v) is 15.0. The maximum Gasteiger partial charge on any atom is 0.254 e. The minimum Gasteiger partial charge on any atom is -0.327 e. The molecule has 4 heteroatoms. The minimum atomic E-state index is -0.390. The Morgan fingerprint density at radius 2 is 1.84 bits per heavy atom. The molecule has 0 bridgehead atoms. The first-order valence-corrected chi connectivity index (χ1v) is 8.77. The van der Waals surface area contributed by atoms with Gasteiger partial charge in [-0.15, -0.1) is 0 Å². The number of hydrogen-bond donors (Lipinski definition) is 0. The van der Waals surface area contributed by atoms with Crippen molar-refractivity contribution >= 4 is 17.5 Å². The number of rotatable bonds is 4. The van der Waals surface area contributed by atoms with Gasteiger partial charge < -0.3 is 9.80 Å². The number of amides is 2. The molecular formula is C21H24N2O2. The van der Waals surface area contributed by atoms with E-state index in [0.29, 0.717) is 25.1 Å². The third-order valence-corrected chi connectivity index (χ3v) is 4.98. The molecule has 0 spiro atoms. The molecule has 4 nitrogen and oxygen atoms in total. The molecule has 1 heterocycles. The predicted molar refractivity (Wildman–Crippen MR) is 99.8 cm³/mol. The van der Waals surface area contributed by atoms with E-state index < -0.39 is 0 Å². The van der Waals surface area contributed by atoms with Crippen molar-refractivity contribution in [1.82, 2.24) is 4.90 Å². The van der Waals surface area contributed by atoms with E-state index in [1.807, 2.05) is 69.3 Å². The lowest BCUT2D eigenvalue weighted by Crippen LogP contribution is -2.45. The Kier molecular flexibility index (Phi) is 4.88. The van der Waals surface area contributed by atoms with Crippen LogP contribution in [0.15, 0.2) is 48.5 Å². The van der Waals surface area contributed by atoms with E-state index in [0.717, 1.165) is 16.8 Å². The maximum absolute atomic E-state index is 13.0. The van der Waals surface area contributed by atoms with Gasteiger partial charge in [-0.1, -0.05) is 24.3 Å². The fourth-order valence-electron chi connectivity index (χ4n) is 3.36. The van der Waals surface area contributed by atoms with Crippen LogP contribution in [0.5, 0.6) is 0 Å². The second-order valence-corrected chi connectivity index (χ2v) is 6.52. The second-order valence-electron chi connectivity index (χ2n) is 6.52. The molecule has 1 fully saturated rings. The highest BCUT2D eigenvalue weighted by atomic mass is 16.2. The van der Waals surface area contributed by atoms with Gasteiger partial charge in [0, 0.05) is 24.3 Å². The molecule has 0 radical (unpaired) electrons. The van der Waals surface area contributed by atoms with Gasteiger partial charge in [0.15, 0.2) is 0 Å². The van der Waals surface area contributed by atoms with E-state index >= 15 is 0 Å². The van der Waals surface area contributed by atoms with E-state index in [1.165, 1.54) is 0 Å². The lowest BCUT2D eigenvalue weighted by molar-refractivity contribution is -0.120. The molecule has 1 atom stereocenters. The topological polar surface area (TPSA) is 40.6 Å². The Morgan fingerprint density at radius 1 is 1.12 bits per heavy atom. The molecule has 2 aromatic rings. The fourth-order valence-corrected chi connectivity index (χ4v) is 3.36. The van der Waals surface area contributed by atoms with Gasteiger partial charge in [-0.25, -0.2) is 0 Å². The van der Waals surface area contributed by atoms with Gasteiger partial charge in [0.1, 0.15) is 6.04 Å². The molecule has 0 aliphatic carbocycles. The van der Waals surface area contributed by atoms with Crippen LogP contribution >= 0.6 is 0 Å². The van der Waals surface area contributed by atoms with Gasteiger partial charge in [-0.05, 0) is 62.6 Å². The van der Waals surface area contributed by atoms with Crippen molar-refractivity contribution in [2.75, 3.05) is 18.0 Å². The van der Waals surface area contributed by atoms with Gasteiger partial charge in [0.25, 0.3) is 5.91 Å². The molecule has 1 saturated heterocycles. The van der Waals surface area contributed by atoms with Crippen LogP contribution in [0.4, 0.5) is 5.69 Å². The number of likely N-dealkylation sites (N-methyl/N-ethyl adjacent to an activating group) is 1. The van der Waals surface area contributed by atoms with Crippen LogP contribution in [0.1, 0.15) is 34.8 Å². The molecule has 3 rings (SSSR count). The predicted octanol–water partition coefficient (Wildman–Crippen LogP) is 3.57. The van der Waals surface area contributed by atoms with E-state index in [2.05, 4.69) is 0 Å². The molecule has 25 heavy (non-hydrogen) atoms. The van der Waals surface area contributed by atoms with Gasteiger partial charge in [-0.3, -0.25) is 9.59 Å². The van der Waals surface area contributed by atoms with Crippen molar-refractivity contribution in [1.29, 1.82) is 0 Å². The summed E-state index contributed by atoms with van der Waals surface area (Å²) in [4.78, 5) is 29.3. The number of benzene rings is 2. The van der Waals surface area contributed by atoms with Crippen LogP contribution in [0.3, 0.4) is 0 Å². The molecule has 0 N–H and O–H groups in total. The van der Waals surface area contributed by atoms with Gasteiger partial charge in [0.2, 0.25) is 5.91 Å². The Labute approximate surface area is 149 Å². The monoisotopic (exact) mass is 336 g/mol. The first-order chi connectivity index (χ1) is 12.0. The van der Waals surface area contributed by atoms with E-state index in [9.17, 15) is 9.59 Å². The highest BCUT2D eigenvalue weighted by Gasteiger charge is 2.38. The summed E-state index contributed by atoms with van der Waals surface area (Å²) in [7, 11) is 0. The average molecular weight is 336 g/mol. The van der Waals surface area contributed by atoms with Crippen LogP contribution in [-0.2, 0) is 4.79 Å². The number of nitrogens with zero attached hydrogens (tertiary/aromatic N) is 2. The van der Waals surface area contributed by atoms with Crippen LogP contribution in [0, 0.1) is 13.8 Å². The number of para-hydroxylation sites is 1. The summed E-state index contributed by atoms with van der Waals surface area (Å²) in [6.45, 7) is 7.12. The number of carbonyl (C=O) groups is 2. The highest BCUT2D eigenvalue weighted by molar-refractivity contribution is 6.04. The zero-order chi connectivity index (χ0) is 18.0. The van der Waals surface area contributed by atoms with Crippen LogP contribution in [0.2, 0.25) is 0 Å². The summed E-state index contributed by atoms with van der Waals surface area (Å²) in [6, 6.07) is 15.0. The van der Waals surface area contributed by atoms with E-state index in [-0.39, 0.29) is 17.9 Å². The third-order valence-electron chi connectivity index (χ3n) is 4.98. The largest absolute Gasteiger partial charge is 0.327 e. The van der Waals surface area contributed by atoms with Crippen molar-refractivity contribution in [2.24, 2.45) is 0 Å². The summed E-state index contributed by atoms with van der Waals surface area (Å²) in [5, 5.41) is 0. The molecule has 0 unspecified atom stereocenters. The molecule has 0 saturated carbocycles. The van der Waals surface area contributed by atoms with E-state index in [1.54, 1.807) is 9.80 Å². The third kappa shape index (κ3) is 3.29. The summed E-state index contributed by atoms with van der Waals surface area (Å²) >= 11 is 0. The smallest absolute Gasteiger partial charge is 0.254 e. The summed E-state index contributed by atoms with van der Waals surface area (Å²) in [6.07, 6.45) is 0.665. The lowest BCUT2D eigenvalue weighted by atomic mass is 10.0. The molecule has 130 valence electrons. The molecule has 1 aliphatic heterocycles. The Bertz CT molecular complexity index is 786. The quantitative estimate of drug-likeness (QED) is 0.856. The molecule has 2 aromatic carbocycles. The van der Waals surface area contributed by atoms with Gasteiger partial charge in [-0.2, -0.15) is 0 Å². The van der Waals surface area contributed by atoms with Crippen molar-refractivity contribution in [2.45, 2.75) is 33.2 Å². The molecule has 1 aliphatic rings. The Hall–Kier alpha value is -2.62. The zero-order valence-electron chi connectivity index (χ0n) is 15.0. The Morgan fingerprint density at radius 3 is 2.48 bits per heavy atom. The van der Waals surface area contributed by atoms with Crippen molar-refractivity contribution < 1.29 is 9.59 Å². The normalized spacial score (nSPS) is 17.0.